The monoisotopic (exact) mass is 327 g/mol. The van der Waals surface area contributed by atoms with E-state index < -0.39 is 6.10 Å². The van der Waals surface area contributed by atoms with E-state index in [1.54, 1.807) is 0 Å². The highest BCUT2D eigenvalue weighted by atomic mass is 32.1. The molecule has 0 unspecified atom stereocenters. The van der Waals surface area contributed by atoms with Gasteiger partial charge in [-0.25, -0.2) is 0 Å². The van der Waals surface area contributed by atoms with Gasteiger partial charge in [-0.2, -0.15) is 5.10 Å². The maximum absolute atomic E-state index is 10.2. The first kappa shape index (κ1) is 19.1. The minimum absolute atomic E-state index is 0.174. The Morgan fingerprint density at radius 3 is 2.86 bits per heavy atom. The first-order valence-electron chi connectivity index (χ1n) is 8.15. The second-order valence-corrected chi connectivity index (χ2v) is 5.98. The van der Waals surface area contributed by atoms with Crippen LogP contribution in [0, 0.1) is 4.77 Å². The summed E-state index contributed by atoms with van der Waals surface area (Å²) in [6, 6.07) is 0. The Kier molecular flexibility index (Phi) is 9.27. The largest absolute Gasteiger partial charge is 0.391 e. The molecule has 0 aliphatic carbocycles. The number of unbranched alkanes of at least 4 members (excludes halogenated alkanes) is 1. The molecular weight excluding hydrogens is 298 g/mol. The molecule has 0 fully saturated rings. The van der Waals surface area contributed by atoms with Gasteiger partial charge in [0.2, 0.25) is 0 Å². The number of allylic oxidation sites excluding steroid dienone is 1. The minimum atomic E-state index is -0.476. The van der Waals surface area contributed by atoms with Crippen LogP contribution in [0.3, 0.4) is 0 Å². The number of H-pyrrole nitrogens is 1. The second kappa shape index (κ2) is 10.7. The van der Waals surface area contributed by atoms with E-state index in [0.717, 1.165) is 31.5 Å². The van der Waals surface area contributed by atoms with Crippen molar-refractivity contribution in [3.05, 3.63) is 23.3 Å². The van der Waals surface area contributed by atoms with Crippen molar-refractivity contribution in [2.24, 2.45) is 0 Å². The van der Waals surface area contributed by atoms with E-state index in [-0.39, 0.29) is 5.92 Å². The number of hydrogen-bond acceptors (Lipinski definition) is 4. The molecule has 0 aliphatic rings. The Morgan fingerprint density at radius 2 is 2.23 bits per heavy atom. The minimum Gasteiger partial charge on any atom is -0.391 e. The van der Waals surface area contributed by atoms with E-state index in [9.17, 15) is 5.11 Å². The molecule has 5 nitrogen and oxygen atoms in total. The van der Waals surface area contributed by atoms with Crippen molar-refractivity contribution in [3.63, 3.8) is 0 Å². The molecule has 6 heteroatoms. The molecule has 0 bridgehead atoms. The summed E-state index contributed by atoms with van der Waals surface area (Å²) in [6.45, 7) is 9.70. The van der Waals surface area contributed by atoms with Crippen LogP contribution >= 0.6 is 12.2 Å². The maximum atomic E-state index is 10.2. The smallest absolute Gasteiger partial charge is 0.195 e. The number of ether oxygens (including phenoxy) is 1. The summed E-state index contributed by atoms with van der Waals surface area (Å²) in [5.41, 5.74) is 0. The second-order valence-electron chi connectivity index (χ2n) is 5.59. The molecule has 1 aromatic rings. The number of rotatable bonds is 12. The average molecular weight is 327 g/mol. The van der Waals surface area contributed by atoms with Gasteiger partial charge in [0.1, 0.15) is 5.82 Å². The molecule has 1 rings (SSSR count). The first-order valence-corrected chi connectivity index (χ1v) is 8.56. The predicted molar refractivity (Wildman–Crippen MR) is 91.6 cm³/mol. The van der Waals surface area contributed by atoms with E-state index in [4.69, 9.17) is 17.0 Å². The lowest BCUT2D eigenvalue weighted by molar-refractivity contribution is 0.0280. The molecule has 0 aliphatic heterocycles. The quantitative estimate of drug-likeness (QED) is 0.350. The Labute approximate surface area is 138 Å². The summed E-state index contributed by atoms with van der Waals surface area (Å²) in [4.78, 5) is 0. The molecule has 0 saturated carbocycles. The lowest BCUT2D eigenvalue weighted by atomic mass is 9.94. The Hall–Kier alpha value is -0.980. The molecule has 1 aromatic heterocycles. The van der Waals surface area contributed by atoms with E-state index in [1.165, 1.54) is 0 Å². The van der Waals surface area contributed by atoms with E-state index in [1.807, 2.05) is 10.6 Å². The van der Waals surface area contributed by atoms with E-state index >= 15 is 0 Å². The molecule has 2 atom stereocenters. The SMILES string of the molecule is C=CCn1c([C@H](CCCC)C[C@H](O)COCCC)n[nH]c1=S. The highest BCUT2D eigenvalue weighted by Crippen LogP contribution is 2.26. The van der Waals surface area contributed by atoms with E-state index in [0.29, 0.717) is 31.0 Å². The van der Waals surface area contributed by atoms with Crippen molar-refractivity contribution in [2.45, 2.75) is 64.5 Å². The van der Waals surface area contributed by atoms with Crippen molar-refractivity contribution >= 4 is 12.2 Å². The third kappa shape index (κ3) is 6.02. The van der Waals surface area contributed by atoms with Crippen molar-refractivity contribution in [2.75, 3.05) is 13.2 Å². The third-order valence-electron chi connectivity index (χ3n) is 3.59. The maximum Gasteiger partial charge on any atom is 0.195 e. The van der Waals surface area contributed by atoms with E-state index in [2.05, 4.69) is 30.6 Å². The molecule has 0 spiro atoms. The standard InChI is InChI=1S/C16H29N3O2S/c1-4-7-8-13(11-14(20)12-21-10-6-3)15-17-18-16(22)19(15)9-5-2/h5,13-14,20H,2,4,6-12H2,1,3H3,(H,18,22)/t13-,14+/m1/s1. The Bertz CT molecular complexity index is 484. The Balaban J connectivity index is 2.79. The molecule has 2 N–H and O–H groups in total. The summed E-state index contributed by atoms with van der Waals surface area (Å²) >= 11 is 5.28. The van der Waals surface area contributed by atoms with Crippen LogP contribution in [0.4, 0.5) is 0 Å². The van der Waals surface area contributed by atoms with Crippen molar-refractivity contribution < 1.29 is 9.84 Å². The fourth-order valence-electron chi connectivity index (χ4n) is 2.51. The van der Waals surface area contributed by atoms with Crippen molar-refractivity contribution in [1.82, 2.24) is 14.8 Å². The number of aromatic amines is 1. The van der Waals surface area contributed by atoms with Gasteiger partial charge in [-0.15, -0.1) is 6.58 Å². The van der Waals surface area contributed by atoms with Crippen LogP contribution in [0.2, 0.25) is 0 Å². The molecular formula is C16H29N3O2S. The topological polar surface area (TPSA) is 63.1 Å². The Morgan fingerprint density at radius 1 is 1.45 bits per heavy atom. The number of aliphatic hydroxyl groups is 1. The van der Waals surface area contributed by atoms with Crippen LogP contribution in [0.5, 0.6) is 0 Å². The van der Waals surface area contributed by atoms with Gasteiger partial charge in [0, 0.05) is 19.1 Å². The molecule has 126 valence electrons. The summed E-state index contributed by atoms with van der Waals surface area (Å²) < 4.78 is 8.01. The zero-order valence-electron chi connectivity index (χ0n) is 13.8. The highest BCUT2D eigenvalue weighted by molar-refractivity contribution is 7.71. The third-order valence-corrected chi connectivity index (χ3v) is 3.90. The van der Waals surface area contributed by atoms with Crippen molar-refractivity contribution in [3.8, 4) is 0 Å². The van der Waals surface area contributed by atoms with Gasteiger partial charge in [-0.1, -0.05) is 32.8 Å². The number of aromatic nitrogens is 3. The van der Waals surface area contributed by atoms with Gasteiger partial charge in [0.05, 0.1) is 12.7 Å². The van der Waals surface area contributed by atoms with Gasteiger partial charge in [-0.3, -0.25) is 5.10 Å². The van der Waals surface area contributed by atoms with Gasteiger partial charge in [0.25, 0.3) is 0 Å². The highest BCUT2D eigenvalue weighted by Gasteiger charge is 2.21. The first-order chi connectivity index (χ1) is 10.6. The van der Waals surface area contributed by atoms with Crippen molar-refractivity contribution in [1.29, 1.82) is 0 Å². The number of nitrogens with zero attached hydrogens (tertiary/aromatic N) is 2. The molecule has 0 aromatic carbocycles. The summed E-state index contributed by atoms with van der Waals surface area (Å²) in [7, 11) is 0. The van der Waals surface area contributed by atoms with Crippen LogP contribution in [0.15, 0.2) is 12.7 Å². The fourth-order valence-corrected chi connectivity index (χ4v) is 2.72. The number of hydrogen-bond donors (Lipinski definition) is 2. The average Bonchev–Trinajstić information content (AvgIpc) is 2.85. The molecule has 0 saturated heterocycles. The lowest BCUT2D eigenvalue weighted by Gasteiger charge is -2.20. The zero-order chi connectivity index (χ0) is 16.4. The number of aliphatic hydroxyl groups excluding tert-OH is 1. The molecule has 22 heavy (non-hydrogen) atoms. The lowest BCUT2D eigenvalue weighted by Crippen LogP contribution is -2.21. The van der Waals surface area contributed by atoms with Crippen LogP contribution in [0.25, 0.3) is 0 Å². The van der Waals surface area contributed by atoms with Crippen LogP contribution < -0.4 is 0 Å². The number of nitrogens with one attached hydrogen (secondary N) is 1. The van der Waals surface area contributed by atoms with Gasteiger partial charge in [0.15, 0.2) is 4.77 Å². The van der Waals surface area contributed by atoms with Gasteiger partial charge in [-0.05, 0) is 31.5 Å². The predicted octanol–water partition coefficient (Wildman–Crippen LogP) is 3.58. The molecule has 1 heterocycles. The van der Waals surface area contributed by atoms with Crippen LogP contribution in [0.1, 0.15) is 57.7 Å². The van der Waals surface area contributed by atoms with Gasteiger partial charge < -0.3 is 14.4 Å². The molecule has 0 amide bonds. The zero-order valence-corrected chi connectivity index (χ0v) is 14.6. The normalized spacial score (nSPS) is 14.0. The van der Waals surface area contributed by atoms with Gasteiger partial charge >= 0.3 is 0 Å². The summed E-state index contributed by atoms with van der Waals surface area (Å²) in [5.74, 6) is 1.08. The fraction of sp³-hybridized carbons (Fsp3) is 0.750. The van der Waals surface area contributed by atoms with Crippen LogP contribution in [-0.2, 0) is 11.3 Å². The van der Waals surface area contributed by atoms with Crippen LogP contribution in [-0.4, -0.2) is 39.2 Å². The molecule has 0 radical (unpaired) electrons. The summed E-state index contributed by atoms with van der Waals surface area (Å²) in [5, 5.41) is 17.5. The summed E-state index contributed by atoms with van der Waals surface area (Å²) in [6.07, 6.45) is 6.14.